The van der Waals surface area contributed by atoms with Crippen molar-refractivity contribution in [3.05, 3.63) is 38.3 Å². The molecule has 1 aromatic heterocycles. The van der Waals surface area contributed by atoms with Crippen LogP contribution in [0.1, 0.15) is 10.5 Å². The summed E-state index contributed by atoms with van der Waals surface area (Å²) in [6, 6.07) is 7.47. The highest BCUT2D eigenvalue weighted by Crippen LogP contribution is 2.36. The van der Waals surface area contributed by atoms with E-state index in [1.54, 1.807) is 0 Å². The number of carbonyl (C=O) groups is 1. The lowest BCUT2D eigenvalue weighted by molar-refractivity contribution is 0.0692. The van der Waals surface area contributed by atoms with E-state index in [-0.39, 0.29) is 5.69 Å². The summed E-state index contributed by atoms with van der Waals surface area (Å²) in [5.41, 5.74) is 0.909. The molecule has 3 nitrogen and oxygen atoms in total. The first kappa shape index (κ1) is 11.8. The molecule has 1 heterocycles. The molecule has 0 bridgehead atoms. The van der Waals surface area contributed by atoms with E-state index in [4.69, 9.17) is 5.11 Å². The summed E-state index contributed by atoms with van der Waals surface area (Å²) in [6.45, 7) is 0. The summed E-state index contributed by atoms with van der Waals surface area (Å²) < 4.78 is 1.42. The Hall–Kier alpha value is -0.720. The predicted molar refractivity (Wildman–Crippen MR) is 69.9 cm³/mol. The fourth-order valence-electron chi connectivity index (χ4n) is 1.27. The van der Waals surface area contributed by atoms with Crippen molar-refractivity contribution < 1.29 is 9.90 Å². The molecule has 0 aliphatic heterocycles. The van der Waals surface area contributed by atoms with Gasteiger partial charge in [0.15, 0.2) is 9.61 Å². The summed E-state index contributed by atoms with van der Waals surface area (Å²) in [4.78, 5) is 15.6. The first-order valence-corrected chi connectivity index (χ1v) is 6.64. The Balaban J connectivity index is 2.64. The number of halogens is 2. The summed E-state index contributed by atoms with van der Waals surface area (Å²) in [5, 5.41) is 9.04. The first-order valence-electron chi connectivity index (χ1n) is 4.24. The monoisotopic (exact) mass is 361 g/mol. The molecule has 6 heteroatoms. The molecule has 16 heavy (non-hydrogen) atoms. The van der Waals surface area contributed by atoms with Gasteiger partial charge in [-0.3, -0.25) is 0 Å². The minimum absolute atomic E-state index is 0.0729. The second-order valence-corrected chi connectivity index (χ2v) is 6.06. The topological polar surface area (TPSA) is 50.2 Å². The Morgan fingerprint density at radius 2 is 2.00 bits per heavy atom. The summed E-state index contributed by atoms with van der Waals surface area (Å²) in [6.07, 6.45) is 0. The Morgan fingerprint density at radius 1 is 1.31 bits per heavy atom. The van der Waals surface area contributed by atoms with Crippen molar-refractivity contribution in [1.82, 2.24) is 4.98 Å². The molecule has 0 spiro atoms. The SMILES string of the molecule is O=C(O)c1nc(Br)sc1-c1ccccc1Br. The normalized spacial score (nSPS) is 10.4. The zero-order chi connectivity index (χ0) is 11.7. The molecule has 82 valence electrons. The van der Waals surface area contributed by atoms with E-state index in [0.29, 0.717) is 8.79 Å². The Bertz CT molecular complexity index is 554. The molecule has 0 amide bonds. The van der Waals surface area contributed by atoms with Crippen molar-refractivity contribution in [3.63, 3.8) is 0 Å². The molecular weight excluding hydrogens is 358 g/mol. The van der Waals surface area contributed by atoms with Gasteiger partial charge in [0.2, 0.25) is 0 Å². The largest absolute Gasteiger partial charge is 0.476 e. The van der Waals surface area contributed by atoms with E-state index in [0.717, 1.165) is 10.0 Å². The van der Waals surface area contributed by atoms with Crippen LogP contribution in [-0.2, 0) is 0 Å². The van der Waals surface area contributed by atoms with Gasteiger partial charge in [-0.25, -0.2) is 9.78 Å². The number of aromatic nitrogens is 1. The number of carboxylic acid groups (broad SMARTS) is 1. The van der Waals surface area contributed by atoms with Crippen molar-refractivity contribution in [2.24, 2.45) is 0 Å². The Labute approximate surface area is 112 Å². The molecule has 0 radical (unpaired) electrons. The number of hydrogen-bond acceptors (Lipinski definition) is 3. The van der Waals surface area contributed by atoms with E-state index < -0.39 is 5.97 Å². The molecule has 0 aliphatic carbocycles. The van der Waals surface area contributed by atoms with Gasteiger partial charge in [-0.2, -0.15) is 0 Å². The van der Waals surface area contributed by atoms with Gasteiger partial charge in [-0.1, -0.05) is 34.1 Å². The van der Waals surface area contributed by atoms with Crippen LogP contribution in [0.3, 0.4) is 0 Å². The molecule has 0 aliphatic rings. The van der Waals surface area contributed by atoms with Gasteiger partial charge in [0.05, 0.1) is 4.88 Å². The molecule has 0 fully saturated rings. The van der Waals surface area contributed by atoms with Crippen molar-refractivity contribution in [3.8, 4) is 10.4 Å². The number of rotatable bonds is 2. The average Bonchev–Trinajstić information content (AvgIpc) is 2.61. The van der Waals surface area contributed by atoms with E-state index >= 15 is 0 Å². The van der Waals surface area contributed by atoms with Crippen LogP contribution in [0.2, 0.25) is 0 Å². The van der Waals surface area contributed by atoms with E-state index in [1.165, 1.54) is 11.3 Å². The number of nitrogens with zero attached hydrogens (tertiary/aromatic N) is 1. The van der Waals surface area contributed by atoms with Crippen molar-refractivity contribution in [2.75, 3.05) is 0 Å². The zero-order valence-corrected chi connectivity index (χ0v) is 11.8. The van der Waals surface area contributed by atoms with Crippen LogP contribution in [0.15, 0.2) is 32.7 Å². The van der Waals surface area contributed by atoms with E-state index in [9.17, 15) is 4.79 Å². The van der Waals surface area contributed by atoms with Crippen molar-refractivity contribution >= 4 is 49.2 Å². The van der Waals surface area contributed by atoms with Gasteiger partial charge < -0.3 is 5.11 Å². The maximum absolute atomic E-state index is 11.0. The molecule has 0 unspecified atom stereocenters. The second-order valence-electron chi connectivity index (χ2n) is 2.93. The van der Waals surface area contributed by atoms with Crippen LogP contribution in [0.4, 0.5) is 0 Å². The van der Waals surface area contributed by atoms with Gasteiger partial charge >= 0.3 is 5.97 Å². The third-order valence-electron chi connectivity index (χ3n) is 1.92. The van der Waals surface area contributed by atoms with Crippen LogP contribution >= 0.6 is 43.2 Å². The first-order chi connectivity index (χ1) is 7.59. The third-order valence-corrected chi connectivity index (χ3v) is 4.15. The number of hydrogen-bond donors (Lipinski definition) is 1. The van der Waals surface area contributed by atoms with Crippen LogP contribution in [0.5, 0.6) is 0 Å². The molecule has 1 aromatic carbocycles. The fourth-order valence-corrected chi connectivity index (χ4v) is 3.37. The number of carboxylic acids is 1. The van der Waals surface area contributed by atoms with Gasteiger partial charge in [-0.05, 0) is 22.0 Å². The van der Waals surface area contributed by atoms with Crippen molar-refractivity contribution in [1.29, 1.82) is 0 Å². The van der Waals surface area contributed by atoms with Crippen LogP contribution in [0, 0.1) is 0 Å². The maximum Gasteiger partial charge on any atom is 0.356 e. The smallest absolute Gasteiger partial charge is 0.356 e. The van der Waals surface area contributed by atoms with Gasteiger partial charge in [0, 0.05) is 10.0 Å². The third kappa shape index (κ3) is 2.18. The number of benzene rings is 1. The van der Waals surface area contributed by atoms with E-state index in [1.807, 2.05) is 24.3 Å². The molecular formula is C10H5Br2NO2S. The quantitative estimate of drug-likeness (QED) is 0.877. The predicted octanol–water partition coefficient (Wildman–Crippen LogP) is 4.03. The highest BCUT2D eigenvalue weighted by Gasteiger charge is 2.19. The number of thiazole rings is 1. The molecule has 0 saturated carbocycles. The molecule has 2 rings (SSSR count). The van der Waals surface area contributed by atoms with Crippen LogP contribution < -0.4 is 0 Å². The summed E-state index contributed by atoms with van der Waals surface area (Å²) >= 11 is 7.90. The minimum Gasteiger partial charge on any atom is -0.476 e. The van der Waals surface area contributed by atoms with Crippen molar-refractivity contribution in [2.45, 2.75) is 0 Å². The highest BCUT2D eigenvalue weighted by atomic mass is 79.9. The Morgan fingerprint density at radius 3 is 2.62 bits per heavy atom. The summed E-state index contributed by atoms with van der Waals surface area (Å²) in [7, 11) is 0. The second kappa shape index (κ2) is 4.65. The zero-order valence-electron chi connectivity index (χ0n) is 7.78. The Kier molecular flexibility index (Phi) is 3.41. The highest BCUT2D eigenvalue weighted by molar-refractivity contribution is 9.11. The molecule has 1 N–H and O–H groups in total. The minimum atomic E-state index is -1.02. The van der Waals surface area contributed by atoms with Crippen LogP contribution in [0.25, 0.3) is 10.4 Å². The van der Waals surface area contributed by atoms with Gasteiger partial charge in [-0.15, -0.1) is 11.3 Å². The molecule has 2 aromatic rings. The van der Waals surface area contributed by atoms with E-state index in [2.05, 4.69) is 36.8 Å². The van der Waals surface area contributed by atoms with Gasteiger partial charge in [0.1, 0.15) is 0 Å². The van der Waals surface area contributed by atoms with Gasteiger partial charge in [0.25, 0.3) is 0 Å². The lowest BCUT2D eigenvalue weighted by Gasteiger charge is -2.01. The average molecular weight is 363 g/mol. The molecule has 0 atom stereocenters. The molecule has 0 saturated heterocycles. The van der Waals surface area contributed by atoms with Crippen LogP contribution in [-0.4, -0.2) is 16.1 Å². The summed E-state index contributed by atoms with van der Waals surface area (Å²) in [5.74, 6) is -1.02. The lowest BCUT2D eigenvalue weighted by Crippen LogP contribution is -1.98. The maximum atomic E-state index is 11.0. The standard InChI is InChI=1S/C10H5Br2NO2S/c11-6-4-2-1-3-5(6)8-7(9(14)15)13-10(12)16-8/h1-4H,(H,14,15). The number of aromatic carboxylic acids is 1. The fraction of sp³-hybridized carbons (Fsp3) is 0. The lowest BCUT2D eigenvalue weighted by atomic mass is 10.1.